The third-order valence-electron chi connectivity index (χ3n) is 3.61. The Bertz CT molecular complexity index is 421. The van der Waals surface area contributed by atoms with Crippen LogP contribution < -0.4 is 5.19 Å². The van der Waals surface area contributed by atoms with Crippen LogP contribution in [0.2, 0.25) is 18.6 Å². The van der Waals surface area contributed by atoms with Gasteiger partial charge in [0.05, 0.1) is 20.2 Å². The minimum absolute atomic E-state index is 0.0352. The quantitative estimate of drug-likeness (QED) is 0.602. The number of hydrogen-bond acceptors (Lipinski definition) is 2. The third-order valence-corrected chi connectivity index (χ3v) is 7.84. The number of hydrogen-bond donors (Lipinski definition) is 0. The molecule has 0 aromatic heterocycles. The zero-order valence-electron chi connectivity index (χ0n) is 11.7. The van der Waals surface area contributed by atoms with Gasteiger partial charge in [-0.15, -0.1) is 0 Å². The van der Waals surface area contributed by atoms with Crippen LogP contribution in [-0.4, -0.2) is 20.7 Å². The largest absolute Gasteiger partial charge is 0.466 e. The lowest BCUT2D eigenvalue weighted by Gasteiger charge is -2.28. The van der Waals surface area contributed by atoms with Crippen LogP contribution >= 0.6 is 0 Å². The Balaban J connectivity index is 2.96. The average Bonchev–Trinajstić information content (AvgIpc) is 2.38. The summed E-state index contributed by atoms with van der Waals surface area (Å²) in [6, 6.07) is 8.32. The van der Waals surface area contributed by atoms with Crippen molar-refractivity contribution in [2.75, 3.05) is 6.61 Å². The van der Waals surface area contributed by atoms with E-state index in [1.54, 1.807) is 0 Å². The first kappa shape index (κ1) is 14.7. The molecule has 0 spiro atoms. The van der Waals surface area contributed by atoms with Gasteiger partial charge in [-0.05, 0) is 12.5 Å². The van der Waals surface area contributed by atoms with Gasteiger partial charge in [0.15, 0.2) is 0 Å². The fourth-order valence-corrected chi connectivity index (χ4v) is 4.06. The molecule has 1 rings (SSSR count). The van der Waals surface area contributed by atoms with Gasteiger partial charge in [-0.25, -0.2) is 0 Å². The second-order valence-electron chi connectivity index (χ2n) is 5.02. The molecule has 2 nitrogen and oxygen atoms in total. The molecule has 1 aromatic carbocycles. The summed E-state index contributed by atoms with van der Waals surface area (Å²) in [5.74, 6) is -0.0815. The molecule has 0 amide bonds. The van der Waals surface area contributed by atoms with Crippen molar-refractivity contribution >= 4 is 25.3 Å². The summed E-state index contributed by atoms with van der Waals surface area (Å²) in [7, 11) is -1.83. The monoisotopic (exact) mass is 262 g/mol. The SMILES string of the molecule is C=Cc1ccc([Si](C)(C)[C@@H](C)C(=O)OCC)cc1. The summed E-state index contributed by atoms with van der Waals surface area (Å²) >= 11 is 0. The fourth-order valence-electron chi connectivity index (χ4n) is 1.86. The van der Waals surface area contributed by atoms with Crippen LogP contribution in [0.1, 0.15) is 19.4 Å². The van der Waals surface area contributed by atoms with E-state index in [-0.39, 0.29) is 11.5 Å². The van der Waals surface area contributed by atoms with Crippen molar-refractivity contribution in [3.05, 3.63) is 36.4 Å². The third kappa shape index (κ3) is 3.10. The second kappa shape index (κ2) is 6.00. The topological polar surface area (TPSA) is 26.3 Å². The normalized spacial score (nSPS) is 12.9. The number of benzene rings is 1. The molecule has 0 fully saturated rings. The van der Waals surface area contributed by atoms with Crippen LogP contribution in [0.15, 0.2) is 30.8 Å². The van der Waals surface area contributed by atoms with E-state index >= 15 is 0 Å². The van der Waals surface area contributed by atoms with Crippen molar-refractivity contribution in [1.82, 2.24) is 0 Å². The van der Waals surface area contributed by atoms with Gasteiger partial charge in [0, 0.05) is 0 Å². The van der Waals surface area contributed by atoms with Gasteiger partial charge in [-0.2, -0.15) is 0 Å². The first-order chi connectivity index (χ1) is 8.43. The van der Waals surface area contributed by atoms with Crippen molar-refractivity contribution in [2.24, 2.45) is 0 Å². The maximum Gasteiger partial charge on any atom is 0.306 e. The Hall–Kier alpha value is -1.35. The summed E-state index contributed by atoms with van der Waals surface area (Å²) in [4.78, 5) is 11.9. The average molecular weight is 262 g/mol. The van der Waals surface area contributed by atoms with Gasteiger partial charge in [-0.3, -0.25) is 4.79 Å². The lowest BCUT2D eigenvalue weighted by atomic mass is 10.2. The predicted octanol–water partition coefficient (Wildman–Crippen LogP) is 3.20. The van der Waals surface area contributed by atoms with Gasteiger partial charge in [0.25, 0.3) is 0 Å². The molecule has 18 heavy (non-hydrogen) atoms. The Morgan fingerprint density at radius 2 is 1.94 bits per heavy atom. The Morgan fingerprint density at radius 1 is 1.39 bits per heavy atom. The molecule has 98 valence electrons. The van der Waals surface area contributed by atoms with Gasteiger partial charge >= 0.3 is 5.97 Å². The van der Waals surface area contributed by atoms with Crippen molar-refractivity contribution in [2.45, 2.75) is 32.5 Å². The van der Waals surface area contributed by atoms with Crippen molar-refractivity contribution in [1.29, 1.82) is 0 Å². The molecule has 0 radical (unpaired) electrons. The minimum atomic E-state index is -1.83. The molecule has 1 atom stereocenters. The van der Waals surface area contributed by atoms with E-state index < -0.39 is 8.07 Å². The predicted molar refractivity (Wildman–Crippen MR) is 79.7 cm³/mol. The molecule has 3 heteroatoms. The molecule has 0 aliphatic heterocycles. The van der Waals surface area contributed by atoms with Crippen LogP contribution in [0.3, 0.4) is 0 Å². The van der Waals surface area contributed by atoms with Gasteiger partial charge in [0.1, 0.15) is 0 Å². The Labute approximate surface area is 111 Å². The summed E-state index contributed by atoms with van der Waals surface area (Å²) < 4.78 is 5.14. The number of carbonyl (C=O) groups is 1. The zero-order valence-corrected chi connectivity index (χ0v) is 12.7. The molecule has 0 saturated heterocycles. The molecular weight excluding hydrogens is 240 g/mol. The number of carbonyl (C=O) groups excluding carboxylic acids is 1. The highest BCUT2D eigenvalue weighted by Gasteiger charge is 2.36. The van der Waals surface area contributed by atoms with Crippen LogP contribution in [0.25, 0.3) is 6.08 Å². The standard InChI is InChI=1S/C15H22O2Si/c1-6-13-8-10-14(11-9-13)18(4,5)12(3)15(16)17-7-2/h6,8-12H,1,7H2,2-5H3/t12-/m0/s1. The molecule has 0 bridgehead atoms. The first-order valence-electron chi connectivity index (χ1n) is 6.33. The van der Waals surface area contributed by atoms with Crippen LogP contribution in [-0.2, 0) is 9.53 Å². The van der Waals surface area contributed by atoms with Crippen molar-refractivity contribution in [3.63, 3.8) is 0 Å². The lowest BCUT2D eigenvalue weighted by Crippen LogP contribution is -2.48. The van der Waals surface area contributed by atoms with E-state index in [0.717, 1.165) is 5.56 Å². The van der Waals surface area contributed by atoms with Crippen LogP contribution in [0, 0.1) is 0 Å². The minimum Gasteiger partial charge on any atom is -0.466 e. The van der Waals surface area contributed by atoms with E-state index in [0.29, 0.717) is 6.61 Å². The fraction of sp³-hybridized carbons (Fsp3) is 0.400. The summed E-state index contributed by atoms with van der Waals surface area (Å²) in [5, 5.41) is 1.27. The number of esters is 1. The summed E-state index contributed by atoms with van der Waals surface area (Å²) in [6.07, 6.45) is 1.83. The summed E-state index contributed by atoms with van der Waals surface area (Å²) in [5.41, 5.74) is 1.07. The smallest absolute Gasteiger partial charge is 0.306 e. The molecule has 0 aliphatic rings. The second-order valence-corrected chi connectivity index (χ2v) is 9.91. The highest BCUT2D eigenvalue weighted by molar-refractivity contribution is 6.93. The Morgan fingerprint density at radius 3 is 2.39 bits per heavy atom. The molecule has 0 N–H and O–H groups in total. The van der Waals surface area contributed by atoms with Crippen LogP contribution in [0.5, 0.6) is 0 Å². The van der Waals surface area contributed by atoms with E-state index in [4.69, 9.17) is 4.74 Å². The number of ether oxygens (including phenoxy) is 1. The van der Waals surface area contributed by atoms with Crippen molar-refractivity contribution in [3.8, 4) is 0 Å². The molecule has 0 aliphatic carbocycles. The van der Waals surface area contributed by atoms with E-state index in [1.807, 2.05) is 19.9 Å². The molecule has 0 saturated carbocycles. The molecule has 1 aromatic rings. The molecule has 0 unspecified atom stereocenters. The first-order valence-corrected chi connectivity index (χ1v) is 9.40. The van der Waals surface area contributed by atoms with E-state index in [2.05, 4.69) is 43.9 Å². The van der Waals surface area contributed by atoms with E-state index in [9.17, 15) is 4.79 Å². The maximum atomic E-state index is 11.9. The molecular formula is C15H22O2Si. The zero-order chi connectivity index (χ0) is 13.8. The van der Waals surface area contributed by atoms with Crippen molar-refractivity contribution < 1.29 is 9.53 Å². The molecule has 0 heterocycles. The van der Waals surface area contributed by atoms with Gasteiger partial charge in [0.2, 0.25) is 0 Å². The van der Waals surface area contributed by atoms with E-state index in [1.165, 1.54) is 5.19 Å². The Kier molecular flexibility index (Phi) is 4.90. The highest BCUT2D eigenvalue weighted by Crippen LogP contribution is 2.23. The van der Waals surface area contributed by atoms with Gasteiger partial charge in [-0.1, -0.05) is 62.1 Å². The maximum absolute atomic E-state index is 11.9. The van der Waals surface area contributed by atoms with Gasteiger partial charge < -0.3 is 4.74 Å². The summed E-state index contributed by atoms with van der Waals surface area (Å²) in [6.45, 7) is 12.4. The number of rotatable bonds is 5. The lowest BCUT2D eigenvalue weighted by molar-refractivity contribution is -0.142. The van der Waals surface area contributed by atoms with Crippen LogP contribution in [0.4, 0.5) is 0 Å². The highest BCUT2D eigenvalue weighted by atomic mass is 28.3.